The van der Waals surface area contributed by atoms with Gasteiger partial charge in [0.15, 0.2) is 0 Å². The summed E-state index contributed by atoms with van der Waals surface area (Å²) in [7, 11) is 0. The topological polar surface area (TPSA) is 32.5 Å². The lowest BCUT2D eigenvalue weighted by molar-refractivity contribution is 0.270. The number of likely N-dealkylation sites (N-methyl/N-ethyl adjacent to an activating group) is 1. The summed E-state index contributed by atoms with van der Waals surface area (Å²) in [4.78, 5) is 4.52. The monoisotopic (exact) mass is 265 g/mol. The number of hydrogen-bond donors (Lipinski definition) is 1. The molecule has 4 heteroatoms. The third kappa shape index (κ3) is 3.67. The molecule has 1 heterocycles. The molecular weight excluding hydrogens is 241 g/mol. The molecule has 1 aliphatic rings. The van der Waals surface area contributed by atoms with Gasteiger partial charge in [0.05, 0.1) is 5.69 Å². The van der Waals surface area contributed by atoms with E-state index in [-0.39, 0.29) is 11.9 Å². The Bertz CT molecular complexity index is 412. The Balaban J connectivity index is 2.05. The number of nitrogens with two attached hydrogens (primary N) is 1. The van der Waals surface area contributed by atoms with Crippen LogP contribution in [0.1, 0.15) is 19.4 Å². The van der Waals surface area contributed by atoms with Crippen molar-refractivity contribution in [3.8, 4) is 0 Å². The molecule has 1 aromatic carbocycles. The first-order valence-electron chi connectivity index (χ1n) is 7.11. The predicted octanol–water partition coefficient (Wildman–Crippen LogP) is 1.86. The van der Waals surface area contributed by atoms with Crippen molar-refractivity contribution >= 4 is 5.69 Å². The number of halogens is 1. The van der Waals surface area contributed by atoms with Crippen LogP contribution in [0, 0.1) is 5.82 Å². The van der Waals surface area contributed by atoms with E-state index >= 15 is 0 Å². The summed E-state index contributed by atoms with van der Waals surface area (Å²) in [5.41, 5.74) is 7.45. The van der Waals surface area contributed by atoms with Gasteiger partial charge in [-0.3, -0.25) is 0 Å². The van der Waals surface area contributed by atoms with Gasteiger partial charge >= 0.3 is 0 Å². The fourth-order valence-electron chi connectivity index (χ4n) is 2.61. The Hall–Kier alpha value is -1.13. The molecule has 1 unspecified atom stereocenters. The van der Waals surface area contributed by atoms with Gasteiger partial charge in [0.2, 0.25) is 0 Å². The third-order valence-electron chi connectivity index (χ3n) is 3.73. The molecule has 2 rings (SSSR count). The zero-order valence-electron chi connectivity index (χ0n) is 11.9. The van der Waals surface area contributed by atoms with Crippen molar-refractivity contribution < 1.29 is 4.39 Å². The molecule has 1 aliphatic heterocycles. The van der Waals surface area contributed by atoms with Gasteiger partial charge in [0.1, 0.15) is 5.82 Å². The van der Waals surface area contributed by atoms with Crippen LogP contribution in [0.3, 0.4) is 0 Å². The number of anilines is 1. The largest absolute Gasteiger partial charge is 0.367 e. The molecule has 1 fully saturated rings. The molecule has 1 saturated heterocycles. The summed E-state index contributed by atoms with van der Waals surface area (Å²) in [6.07, 6.45) is 0.723. The van der Waals surface area contributed by atoms with Crippen LogP contribution in [0.5, 0.6) is 0 Å². The highest BCUT2D eigenvalue weighted by Gasteiger charge is 2.18. The number of rotatable bonds is 4. The van der Waals surface area contributed by atoms with Crippen LogP contribution in [0.15, 0.2) is 18.2 Å². The average Bonchev–Trinajstić information content (AvgIpc) is 2.38. The molecule has 1 aromatic rings. The summed E-state index contributed by atoms with van der Waals surface area (Å²) in [6.45, 7) is 9.00. The maximum atomic E-state index is 14.2. The molecule has 0 radical (unpaired) electrons. The maximum Gasteiger partial charge on any atom is 0.146 e. The Kier molecular flexibility index (Phi) is 4.77. The van der Waals surface area contributed by atoms with Gasteiger partial charge in [-0.2, -0.15) is 0 Å². The molecule has 0 bridgehead atoms. The van der Waals surface area contributed by atoms with Crippen molar-refractivity contribution in [2.75, 3.05) is 37.6 Å². The third-order valence-corrected chi connectivity index (χ3v) is 3.73. The van der Waals surface area contributed by atoms with Gasteiger partial charge in [-0.15, -0.1) is 0 Å². The molecule has 0 amide bonds. The van der Waals surface area contributed by atoms with Gasteiger partial charge in [-0.1, -0.05) is 13.0 Å². The summed E-state index contributed by atoms with van der Waals surface area (Å²) >= 11 is 0. The van der Waals surface area contributed by atoms with Gasteiger partial charge in [0, 0.05) is 32.2 Å². The quantitative estimate of drug-likeness (QED) is 0.902. The molecule has 1 atom stereocenters. The molecule has 3 nitrogen and oxygen atoms in total. The van der Waals surface area contributed by atoms with Crippen LogP contribution in [0.25, 0.3) is 0 Å². The number of benzene rings is 1. The summed E-state index contributed by atoms with van der Waals surface area (Å²) in [5, 5.41) is 0. The Labute approximate surface area is 115 Å². The van der Waals surface area contributed by atoms with Gasteiger partial charge in [-0.25, -0.2) is 4.39 Å². The average molecular weight is 265 g/mol. The second-order valence-corrected chi connectivity index (χ2v) is 5.39. The normalized spacial score (nSPS) is 18.6. The van der Waals surface area contributed by atoms with Crippen LogP contribution in [-0.4, -0.2) is 43.7 Å². The molecule has 19 heavy (non-hydrogen) atoms. The second kappa shape index (κ2) is 6.35. The first kappa shape index (κ1) is 14.3. The van der Waals surface area contributed by atoms with E-state index in [1.807, 2.05) is 19.1 Å². The molecule has 0 aliphatic carbocycles. The highest BCUT2D eigenvalue weighted by molar-refractivity contribution is 5.49. The van der Waals surface area contributed by atoms with Gasteiger partial charge in [-0.05, 0) is 37.6 Å². The van der Waals surface area contributed by atoms with Crippen molar-refractivity contribution in [2.45, 2.75) is 26.3 Å². The lowest BCUT2D eigenvalue weighted by Gasteiger charge is -2.35. The predicted molar refractivity (Wildman–Crippen MR) is 78.1 cm³/mol. The zero-order chi connectivity index (χ0) is 13.8. The Morgan fingerprint density at radius 2 is 1.95 bits per heavy atom. The Morgan fingerprint density at radius 1 is 1.26 bits per heavy atom. The first-order valence-corrected chi connectivity index (χ1v) is 7.11. The molecule has 2 N–H and O–H groups in total. The van der Waals surface area contributed by atoms with Crippen LogP contribution in [0.2, 0.25) is 0 Å². The lowest BCUT2D eigenvalue weighted by Crippen LogP contribution is -2.46. The van der Waals surface area contributed by atoms with Crippen molar-refractivity contribution in [2.24, 2.45) is 5.73 Å². The van der Waals surface area contributed by atoms with Crippen molar-refractivity contribution in [1.29, 1.82) is 0 Å². The van der Waals surface area contributed by atoms with Crippen LogP contribution in [0.4, 0.5) is 10.1 Å². The second-order valence-electron chi connectivity index (χ2n) is 5.39. The van der Waals surface area contributed by atoms with Crippen molar-refractivity contribution in [1.82, 2.24) is 4.90 Å². The van der Waals surface area contributed by atoms with E-state index in [4.69, 9.17) is 5.73 Å². The van der Waals surface area contributed by atoms with E-state index in [9.17, 15) is 4.39 Å². The molecule has 0 spiro atoms. The SMILES string of the molecule is CCN1CCN(c2ccc(CC(C)N)cc2F)CC1. The van der Waals surface area contributed by atoms with E-state index in [2.05, 4.69) is 16.7 Å². The minimum absolute atomic E-state index is 0.0679. The van der Waals surface area contributed by atoms with Crippen molar-refractivity contribution in [3.05, 3.63) is 29.6 Å². The number of nitrogens with zero attached hydrogens (tertiary/aromatic N) is 2. The summed E-state index contributed by atoms with van der Waals surface area (Å²) < 4.78 is 14.2. The van der Waals surface area contributed by atoms with Crippen LogP contribution < -0.4 is 10.6 Å². The highest BCUT2D eigenvalue weighted by atomic mass is 19.1. The minimum atomic E-state index is -0.122. The van der Waals surface area contributed by atoms with Gasteiger partial charge < -0.3 is 15.5 Å². The summed E-state index contributed by atoms with van der Waals surface area (Å²) in [5.74, 6) is -0.122. The zero-order valence-corrected chi connectivity index (χ0v) is 11.9. The summed E-state index contributed by atoms with van der Waals surface area (Å²) in [6, 6.07) is 5.59. The molecule has 0 saturated carbocycles. The maximum absolute atomic E-state index is 14.2. The lowest BCUT2D eigenvalue weighted by atomic mass is 10.1. The fraction of sp³-hybridized carbons (Fsp3) is 0.600. The smallest absolute Gasteiger partial charge is 0.146 e. The van der Waals surface area contributed by atoms with E-state index in [0.717, 1.165) is 50.4 Å². The molecule has 0 aromatic heterocycles. The Morgan fingerprint density at radius 3 is 2.47 bits per heavy atom. The van der Waals surface area contributed by atoms with Crippen LogP contribution in [-0.2, 0) is 6.42 Å². The molecule has 106 valence electrons. The minimum Gasteiger partial charge on any atom is -0.367 e. The van der Waals surface area contributed by atoms with E-state index in [0.29, 0.717) is 0 Å². The van der Waals surface area contributed by atoms with E-state index in [1.54, 1.807) is 6.07 Å². The van der Waals surface area contributed by atoms with Crippen LogP contribution >= 0.6 is 0 Å². The van der Waals surface area contributed by atoms with Gasteiger partial charge in [0.25, 0.3) is 0 Å². The first-order chi connectivity index (χ1) is 9.10. The van der Waals surface area contributed by atoms with Crippen molar-refractivity contribution in [3.63, 3.8) is 0 Å². The van der Waals surface area contributed by atoms with E-state index in [1.165, 1.54) is 0 Å². The molecular formula is C15H24FN3. The van der Waals surface area contributed by atoms with E-state index < -0.39 is 0 Å². The fourth-order valence-corrected chi connectivity index (χ4v) is 2.61. The highest BCUT2D eigenvalue weighted by Crippen LogP contribution is 2.22. The standard InChI is InChI=1S/C15H24FN3/c1-3-18-6-8-19(9-7-18)15-5-4-13(10-12(2)17)11-14(15)16/h4-5,11-12H,3,6-10,17H2,1-2H3. The number of piperazine rings is 1. The number of hydrogen-bond acceptors (Lipinski definition) is 3.